The van der Waals surface area contributed by atoms with Gasteiger partial charge < -0.3 is 9.47 Å². The molecule has 4 atom stereocenters. The fraction of sp³-hybridized carbons (Fsp3) is 0.400. The van der Waals surface area contributed by atoms with Gasteiger partial charge in [0.2, 0.25) is 10.0 Å². The number of ether oxygens (including phenoxy) is 2. The highest BCUT2D eigenvalue weighted by Crippen LogP contribution is 2.49. The van der Waals surface area contributed by atoms with Gasteiger partial charge in [-0.1, -0.05) is 48.6 Å². The second kappa shape index (κ2) is 7.83. The fourth-order valence-electron chi connectivity index (χ4n) is 4.89. The van der Waals surface area contributed by atoms with E-state index in [2.05, 4.69) is 17.4 Å². The molecule has 2 aromatic rings. The maximum absolute atomic E-state index is 12.9. The molecule has 0 bridgehead atoms. The molecular weight excluding hydrogens is 426 g/mol. The van der Waals surface area contributed by atoms with Crippen LogP contribution in [0.5, 0.6) is 0 Å². The van der Waals surface area contributed by atoms with Crippen molar-refractivity contribution < 1.29 is 22.7 Å². The zero-order chi connectivity index (χ0) is 22.5. The minimum absolute atomic E-state index is 0.0861. The number of esters is 1. The Morgan fingerprint density at radius 1 is 1.19 bits per heavy atom. The van der Waals surface area contributed by atoms with Crippen LogP contribution >= 0.6 is 0 Å². The molecular formula is C25H27NO5S. The van der Waals surface area contributed by atoms with Gasteiger partial charge in [0, 0.05) is 18.0 Å². The molecule has 0 radical (unpaired) electrons. The summed E-state index contributed by atoms with van der Waals surface area (Å²) in [4.78, 5) is 12.4. The predicted octanol–water partition coefficient (Wildman–Crippen LogP) is 3.87. The van der Waals surface area contributed by atoms with Crippen LogP contribution in [-0.4, -0.2) is 38.7 Å². The summed E-state index contributed by atoms with van der Waals surface area (Å²) in [5.41, 5.74) is 1.18. The van der Waals surface area contributed by atoms with Gasteiger partial charge in [-0.05, 0) is 55.5 Å². The lowest BCUT2D eigenvalue weighted by Crippen LogP contribution is -2.30. The molecule has 32 heavy (non-hydrogen) atoms. The van der Waals surface area contributed by atoms with E-state index in [1.165, 1.54) is 0 Å². The summed E-state index contributed by atoms with van der Waals surface area (Å²) in [7, 11) is -3.65. The monoisotopic (exact) mass is 453 g/mol. The van der Waals surface area contributed by atoms with E-state index in [1.54, 1.807) is 12.1 Å². The molecule has 7 heteroatoms. The number of fused-ring (bicyclic) bond motifs is 4. The van der Waals surface area contributed by atoms with Crippen LogP contribution in [0.4, 0.5) is 0 Å². The molecule has 2 aromatic carbocycles. The number of benzene rings is 2. The normalized spacial score (nSPS) is 30.3. The Morgan fingerprint density at radius 2 is 1.97 bits per heavy atom. The lowest BCUT2D eigenvalue weighted by atomic mass is 9.84. The minimum Gasteiger partial charge on any atom is -0.455 e. The van der Waals surface area contributed by atoms with E-state index in [9.17, 15) is 13.2 Å². The SMILES string of the molecule is C=C1C(=O)O[C@H]2[C@H]1CCC(CNS(=O)(=O)c1ccc3ccccc3c1)=CCC[C@@]1(C)O[C@@H]21. The van der Waals surface area contributed by atoms with Crippen molar-refractivity contribution in [2.45, 2.75) is 55.3 Å². The molecule has 168 valence electrons. The van der Waals surface area contributed by atoms with Gasteiger partial charge in [0.25, 0.3) is 0 Å². The summed E-state index contributed by atoms with van der Waals surface area (Å²) in [6, 6.07) is 12.8. The van der Waals surface area contributed by atoms with Crippen LogP contribution in [0.2, 0.25) is 0 Å². The molecule has 0 saturated carbocycles. The maximum atomic E-state index is 12.9. The van der Waals surface area contributed by atoms with E-state index in [0.717, 1.165) is 29.2 Å². The maximum Gasteiger partial charge on any atom is 0.334 e. The van der Waals surface area contributed by atoms with Crippen LogP contribution < -0.4 is 4.72 Å². The third kappa shape index (κ3) is 3.89. The molecule has 0 spiro atoms. The van der Waals surface area contributed by atoms with E-state index in [0.29, 0.717) is 18.4 Å². The number of carbonyl (C=O) groups is 1. The minimum atomic E-state index is -3.65. The highest BCUT2D eigenvalue weighted by atomic mass is 32.2. The highest BCUT2D eigenvalue weighted by molar-refractivity contribution is 7.89. The molecule has 2 saturated heterocycles. The van der Waals surface area contributed by atoms with Gasteiger partial charge in [-0.25, -0.2) is 17.9 Å². The predicted molar refractivity (Wildman–Crippen MR) is 121 cm³/mol. The summed E-state index contributed by atoms with van der Waals surface area (Å²) < 4.78 is 40.2. The van der Waals surface area contributed by atoms with Crippen molar-refractivity contribution in [2.75, 3.05) is 6.54 Å². The van der Waals surface area contributed by atoms with Gasteiger partial charge >= 0.3 is 5.97 Å². The van der Waals surface area contributed by atoms with Gasteiger partial charge in [0.1, 0.15) is 12.2 Å². The Labute approximate surface area is 188 Å². The molecule has 2 fully saturated rings. The lowest BCUT2D eigenvalue weighted by Gasteiger charge is -2.20. The number of hydrogen-bond acceptors (Lipinski definition) is 5. The first-order valence-corrected chi connectivity index (χ1v) is 12.5. The Balaban J connectivity index is 1.32. The van der Waals surface area contributed by atoms with E-state index in [1.807, 2.05) is 37.3 Å². The van der Waals surface area contributed by atoms with Crippen LogP contribution in [0.3, 0.4) is 0 Å². The van der Waals surface area contributed by atoms with Crippen molar-refractivity contribution in [3.63, 3.8) is 0 Å². The fourth-order valence-corrected chi connectivity index (χ4v) is 5.96. The smallest absolute Gasteiger partial charge is 0.334 e. The summed E-state index contributed by atoms with van der Waals surface area (Å²) in [5, 5.41) is 1.88. The molecule has 0 amide bonds. The molecule has 0 aromatic heterocycles. The van der Waals surface area contributed by atoms with Gasteiger partial charge in [-0.2, -0.15) is 0 Å². The van der Waals surface area contributed by atoms with E-state index < -0.39 is 10.0 Å². The van der Waals surface area contributed by atoms with Crippen LogP contribution in [-0.2, 0) is 24.3 Å². The van der Waals surface area contributed by atoms with Crippen molar-refractivity contribution in [2.24, 2.45) is 5.92 Å². The molecule has 3 aliphatic rings. The van der Waals surface area contributed by atoms with Crippen molar-refractivity contribution >= 4 is 26.8 Å². The van der Waals surface area contributed by atoms with Crippen molar-refractivity contribution in [3.05, 3.63) is 66.3 Å². The van der Waals surface area contributed by atoms with Crippen LogP contribution in [0.1, 0.15) is 32.6 Å². The van der Waals surface area contributed by atoms with E-state index in [-0.39, 0.29) is 41.1 Å². The molecule has 2 heterocycles. The Kier molecular flexibility index (Phi) is 5.23. The molecule has 6 nitrogen and oxygen atoms in total. The number of rotatable bonds is 4. The highest BCUT2D eigenvalue weighted by Gasteiger charge is 2.61. The molecule has 5 rings (SSSR count). The molecule has 1 aliphatic carbocycles. The standard InChI is InChI=1S/C25H27NO5S/c1-16-21-12-9-17(6-5-13-25(2)23(31-25)22(21)30-24(16)27)15-26-32(28,29)20-11-10-18-7-3-4-8-19(18)14-20/h3-4,6-8,10-11,14,21-23,26H,1,5,9,12-13,15H2,2H3/t21-,22-,23-,25+/m0/s1. The Hall–Kier alpha value is -2.48. The first-order valence-electron chi connectivity index (χ1n) is 11.0. The average Bonchev–Trinajstić information content (AvgIpc) is 3.37. The van der Waals surface area contributed by atoms with Crippen LogP contribution in [0, 0.1) is 5.92 Å². The largest absolute Gasteiger partial charge is 0.455 e. The van der Waals surface area contributed by atoms with Gasteiger partial charge in [-0.3, -0.25) is 0 Å². The van der Waals surface area contributed by atoms with Gasteiger partial charge in [0.15, 0.2) is 0 Å². The summed E-state index contributed by atoms with van der Waals surface area (Å²) in [6.45, 7) is 6.21. The van der Waals surface area contributed by atoms with Crippen molar-refractivity contribution in [1.29, 1.82) is 0 Å². The van der Waals surface area contributed by atoms with Crippen molar-refractivity contribution in [1.82, 2.24) is 4.72 Å². The number of nitrogens with one attached hydrogen (secondary N) is 1. The quantitative estimate of drug-likeness (QED) is 0.329. The van der Waals surface area contributed by atoms with Crippen LogP contribution in [0.15, 0.2) is 71.2 Å². The third-order valence-corrected chi connectivity index (χ3v) is 8.36. The van der Waals surface area contributed by atoms with E-state index in [4.69, 9.17) is 9.47 Å². The summed E-state index contributed by atoms with van der Waals surface area (Å²) in [6.07, 6.45) is 4.65. The Morgan fingerprint density at radius 3 is 2.78 bits per heavy atom. The first kappa shape index (κ1) is 21.4. The zero-order valence-corrected chi connectivity index (χ0v) is 18.9. The molecule has 2 aliphatic heterocycles. The Bertz CT molecular complexity index is 1230. The topological polar surface area (TPSA) is 85.0 Å². The van der Waals surface area contributed by atoms with Crippen molar-refractivity contribution in [3.8, 4) is 0 Å². The number of allylic oxidation sites excluding steroid dienone is 1. The summed E-state index contributed by atoms with van der Waals surface area (Å²) >= 11 is 0. The third-order valence-electron chi connectivity index (χ3n) is 6.96. The number of carbonyl (C=O) groups excluding carboxylic acids is 1. The number of epoxide rings is 1. The second-order valence-corrected chi connectivity index (χ2v) is 10.9. The van der Waals surface area contributed by atoms with Crippen LogP contribution in [0.25, 0.3) is 10.8 Å². The number of hydrogen-bond donors (Lipinski definition) is 1. The summed E-state index contributed by atoms with van der Waals surface area (Å²) in [5.74, 6) is -0.451. The average molecular weight is 454 g/mol. The molecule has 1 N–H and O–H groups in total. The van der Waals surface area contributed by atoms with E-state index >= 15 is 0 Å². The first-order chi connectivity index (χ1) is 15.3. The zero-order valence-electron chi connectivity index (χ0n) is 18.0. The second-order valence-electron chi connectivity index (χ2n) is 9.13. The van der Waals surface area contributed by atoms with Gasteiger partial charge in [0.05, 0.1) is 10.5 Å². The molecule has 0 unspecified atom stereocenters. The number of sulfonamides is 1. The van der Waals surface area contributed by atoms with Gasteiger partial charge in [-0.15, -0.1) is 0 Å². The lowest BCUT2D eigenvalue weighted by molar-refractivity contribution is -0.140.